The number of ether oxygens (including phenoxy) is 1. The van der Waals surface area contributed by atoms with Gasteiger partial charge in [-0.3, -0.25) is 0 Å². The van der Waals surface area contributed by atoms with Crippen molar-refractivity contribution in [2.75, 3.05) is 0 Å². The van der Waals surface area contributed by atoms with Gasteiger partial charge in [-0.2, -0.15) is 0 Å². The number of hydrogen-bond acceptors (Lipinski definition) is 2. The van der Waals surface area contributed by atoms with Gasteiger partial charge in [0, 0.05) is 11.8 Å². The average molecular weight is 280 g/mol. The van der Waals surface area contributed by atoms with E-state index in [0.717, 1.165) is 0 Å². The highest BCUT2D eigenvalue weighted by atomic mass is 28.4. The Hall–Kier alpha value is -0.543. The molecule has 0 spiro atoms. The van der Waals surface area contributed by atoms with Crippen LogP contribution in [0.4, 0.5) is 0 Å². The molecule has 3 heteroatoms. The summed E-state index contributed by atoms with van der Waals surface area (Å²) in [6.07, 6.45) is 9.05. The second-order valence-corrected chi connectivity index (χ2v) is 12.1. The fraction of sp³-hybridized carbons (Fsp3) is 0.750. The van der Waals surface area contributed by atoms with E-state index >= 15 is 0 Å². The van der Waals surface area contributed by atoms with E-state index in [9.17, 15) is 0 Å². The number of hydrogen-bond donors (Lipinski definition) is 0. The lowest BCUT2D eigenvalue weighted by molar-refractivity contribution is 0.103. The van der Waals surface area contributed by atoms with Gasteiger partial charge in [0.15, 0.2) is 8.32 Å². The van der Waals surface area contributed by atoms with Gasteiger partial charge in [0.25, 0.3) is 0 Å². The average Bonchev–Trinajstić information content (AvgIpc) is 2.82. The van der Waals surface area contributed by atoms with Crippen molar-refractivity contribution in [3.8, 4) is 0 Å². The first-order chi connectivity index (χ1) is 8.76. The van der Waals surface area contributed by atoms with E-state index in [2.05, 4.69) is 52.6 Å². The molecule has 0 saturated heterocycles. The molecule has 0 aromatic carbocycles. The van der Waals surface area contributed by atoms with Gasteiger partial charge in [-0.15, -0.1) is 0 Å². The molecule has 2 rings (SSSR count). The summed E-state index contributed by atoms with van der Waals surface area (Å²) in [5.74, 6) is 1.13. The van der Waals surface area contributed by atoms with Gasteiger partial charge in [0.2, 0.25) is 0 Å². The van der Waals surface area contributed by atoms with Crippen molar-refractivity contribution in [1.82, 2.24) is 0 Å². The van der Waals surface area contributed by atoms with E-state index in [1.165, 1.54) is 12.8 Å². The number of rotatable bonds is 4. The first-order valence-electron chi connectivity index (χ1n) is 7.39. The van der Waals surface area contributed by atoms with E-state index in [0.29, 0.717) is 17.9 Å². The summed E-state index contributed by atoms with van der Waals surface area (Å²) in [5, 5.41) is 0.282. The van der Waals surface area contributed by atoms with Crippen molar-refractivity contribution in [3.63, 3.8) is 0 Å². The highest BCUT2D eigenvalue weighted by molar-refractivity contribution is 6.74. The van der Waals surface area contributed by atoms with E-state index in [-0.39, 0.29) is 11.1 Å². The molecule has 2 aliphatic carbocycles. The molecule has 0 N–H and O–H groups in total. The van der Waals surface area contributed by atoms with Gasteiger partial charge in [-0.1, -0.05) is 33.4 Å². The molecule has 0 radical (unpaired) electrons. The van der Waals surface area contributed by atoms with Gasteiger partial charge < -0.3 is 9.16 Å². The standard InChI is InChI=1S/C16H28O2Si/c1-7-17-14-10-8-13-12(14)9-11-15(13)18-19(5,6)16(2,3)4/h7-8,10,12-15H,1,9,11H2,2-6H3/t12-,13-,14+,15-/m1/s1. The van der Waals surface area contributed by atoms with Crippen molar-refractivity contribution in [1.29, 1.82) is 0 Å². The Bertz CT molecular complexity index is 367. The molecule has 0 heterocycles. The summed E-state index contributed by atoms with van der Waals surface area (Å²) in [4.78, 5) is 0. The summed E-state index contributed by atoms with van der Waals surface area (Å²) >= 11 is 0. The largest absolute Gasteiger partial charge is 0.494 e. The predicted octanol–water partition coefficient (Wildman–Crippen LogP) is 4.50. The third-order valence-electron chi connectivity index (χ3n) is 5.16. The summed E-state index contributed by atoms with van der Waals surface area (Å²) in [5.41, 5.74) is 0. The lowest BCUT2D eigenvalue weighted by atomic mass is 9.97. The Morgan fingerprint density at radius 3 is 2.47 bits per heavy atom. The summed E-state index contributed by atoms with van der Waals surface area (Å²) < 4.78 is 12.2. The molecule has 0 aromatic heterocycles. The van der Waals surface area contributed by atoms with Crippen LogP contribution >= 0.6 is 0 Å². The van der Waals surface area contributed by atoms with Crippen LogP contribution in [0, 0.1) is 11.8 Å². The van der Waals surface area contributed by atoms with E-state index in [1.807, 2.05) is 0 Å². The fourth-order valence-corrected chi connectivity index (χ4v) is 4.38. The topological polar surface area (TPSA) is 18.5 Å². The second kappa shape index (κ2) is 5.10. The van der Waals surface area contributed by atoms with Crippen LogP contribution in [0.2, 0.25) is 18.1 Å². The molecule has 1 fully saturated rings. The minimum Gasteiger partial charge on any atom is -0.494 e. The monoisotopic (exact) mass is 280 g/mol. The van der Waals surface area contributed by atoms with Gasteiger partial charge >= 0.3 is 0 Å². The Kier molecular flexibility index (Phi) is 3.99. The molecule has 4 atom stereocenters. The van der Waals surface area contributed by atoms with Gasteiger partial charge in [-0.05, 0) is 37.0 Å². The molecule has 2 aliphatic rings. The smallest absolute Gasteiger partial charge is 0.192 e. The summed E-state index contributed by atoms with van der Waals surface area (Å²) in [6.45, 7) is 15.3. The maximum absolute atomic E-state index is 6.61. The minimum atomic E-state index is -1.67. The van der Waals surface area contributed by atoms with Crippen molar-refractivity contribution >= 4 is 8.32 Å². The lowest BCUT2D eigenvalue weighted by Gasteiger charge is -2.39. The van der Waals surface area contributed by atoms with Gasteiger partial charge in [0.1, 0.15) is 6.10 Å². The zero-order chi connectivity index (χ0) is 14.3. The molecule has 19 heavy (non-hydrogen) atoms. The lowest BCUT2D eigenvalue weighted by Crippen LogP contribution is -2.44. The van der Waals surface area contributed by atoms with Crippen LogP contribution in [-0.4, -0.2) is 20.5 Å². The van der Waals surface area contributed by atoms with Gasteiger partial charge in [0.05, 0.1) is 12.4 Å². The van der Waals surface area contributed by atoms with Crippen LogP contribution in [0.5, 0.6) is 0 Å². The first-order valence-corrected chi connectivity index (χ1v) is 10.3. The maximum atomic E-state index is 6.61. The molecule has 108 valence electrons. The zero-order valence-corrected chi connectivity index (χ0v) is 14.0. The van der Waals surface area contributed by atoms with Crippen molar-refractivity contribution < 1.29 is 9.16 Å². The summed E-state index contributed by atoms with van der Waals surface area (Å²) in [7, 11) is -1.67. The quantitative estimate of drug-likeness (QED) is 0.429. The third-order valence-corrected chi connectivity index (χ3v) is 9.66. The molecule has 0 aromatic rings. The van der Waals surface area contributed by atoms with Crippen LogP contribution < -0.4 is 0 Å². The molecular weight excluding hydrogens is 252 g/mol. The normalized spacial score (nSPS) is 34.4. The molecule has 2 nitrogen and oxygen atoms in total. The fourth-order valence-electron chi connectivity index (χ4n) is 3.00. The maximum Gasteiger partial charge on any atom is 0.192 e. The highest BCUT2D eigenvalue weighted by Gasteiger charge is 2.47. The second-order valence-electron chi connectivity index (χ2n) is 7.39. The SMILES string of the molecule is C=CO[C@H]1C=C[C@@H]2[C@H]1CC[C@H]2O[Si](C)(C)C(C)(C)C. The van der Waals surface area contributed by atoms with Crippen molar-refractivity contribution in [2.45, 2.75) is 64.0 Å². The van der Waals surface area contributed by atoms with Crippen molar-refractivity contribution in [3.05, 3.63) is 25.0 Å². The molecule has 0 unspecified atom stereocenters. The van der Waals surface area contributed by atoms with E-state index in [1.54, 1.807) is 6.26 Å². The molecule has 0 bridgehead atoms. The Balaban J connectivity index is 2.02. The molecule has 1 saturated carbocycles. The summed E-state index contributed by atoms with van der Waals surface area (Å²) in [6, 6.07) is 0. The van der Waals surface area contributed by atoms with E-state index < -0.39 is 8.32 Å². The van der Waals surface area contributed by atoms with Crippen molar-refractivity contribution in [2.24, 2.45) is 11.8 Å². The highest BCUT2D eigenvalue weighted by Crippen LogP contribution is 2.46. The minimum absolute atomic E-state index is 0.218. The Morgan fingerprint density at radius 2 is 1.89 bits per heavy atom. The molecule has 0 aliphatic heterocycles. The number of fused-ring (bicyclic) bond motifs is 1. The Labute approximate surface area is 119 Å². The third kappa shape index (κ3) is 2.82. The zero-order valence-electron chi connectivity index (χ0n) is 13.0. The van der Waals surface area contributed by atoms with Crippen LogP contribution in [0.25, 0.3) is 0 Å². The predicted molar refractivity (Wildman–Crippen MR) is 82.5 cm³/mol. The van der Waals surface area contributed by atoms with E-state index in [4.69, 9.17) is 9.16 Å². The van der Waals surface area contributed by atoms with Crippen LogP contribution in [-0.2, 0) is 9.16 Å². The molecule has 0 amide bonds. The van der Waals surface area contributed by atoms with Crippen LogP contribution in [0.15, 0.2) is 25.0 Å². The van der Waals surface area contributed by atoms with Crippen LogP contribution in [0.1, 0.15) is 33.6 Å². The Morgan fingerprint density at radius 1 is 1.21 bits per heavy atom. The molecular formula is C16H28O2Si. The van der Waals surface area contributed by atoms with Gasteiger partial charge in [-0.25, -0.2) is 0 Å². The first kappa shape index (κ1) is 14.9. The van der Waals surface area contributed by atoms with Crippen LogP contribution in [0.3, 0.4) is 0 Å².